The molecule has 0 aromatic heterocycles. The maximum absolute atomic E-state index is 11.6. The van der Waals surface area contributed by atoms with Crippen LogP contribution in [-0.4, -0.2) is 27.4 Å². The fraction of sp³-hybridized carbons (Fsp3) is 0.462. The van der Waals surface area contributed by atoms with Gasteiger partial charge in [-0.3, -0.25) is 4.79 Å². The van der Waals surface area contributed by atoms with Gasteiger partial charge in [0.1, 0.15) is 4.90 Å². The maximum atomic E-state index is 11.6. The van der Waals surface area contributed by atoms with Gasteiger partial charge >= 0.3 is 0 Å². The van der Waals surface area contributed by atoms with Gasteiger partial charge in [0.2, 0.25) is 15.9 Å². The van der Waals surface area contributed by atoms with E-state index in [0.29, 0.717) is 30.4 Å². The molecule has 6 N–H and O–H groups in total. The first-order valence-corrected chi connectivity index (χ1v) is 8.17. The second-order valence-electron chi connectivity index (χ2n) is 5.18. The molecule has 0 spiro atoms. The average molecular weight is 314 g/mol. The van der Waals surface area contributed by atoms with Crippen LogP contribution in [0.4, 0.5) is 11.4 Å². The number of carbonyl (C=O) groups is 1. The first-order chi connectivity index (χ1) is 9.70. The lowest BCUT2D eigenvalue weighted by atomic mass is 10.2. The van der Waals surface area contributed by atoms with Gasteiger partial charge in [-0.1, -0.05) is 13.8 Å². The summed E-state index contributed by atoms with van der Waals surface area (Å²) in [6, 6.07) is 4.38. The van der Waals surface area contributed by atoms with Gasteiger partial charge in [-0.15, -0.1) is 0 Å². The largest absolute Gasteiger partial charge is 0.399 e. The highest BCUT2D eigenvalue weighted by molar-refractivity contribution is 7.89. The van der Waals surface area contributed by atoms with Gasteiger partial charge < -0.3 is 16.4 Å². The van der Waals surface area contributed by atoms with Crippen molar-refractivity contribution in [3.8, 4) is 0 Å². The average Bonchev–Trinajstić information content (AvgIpc) is 2.37. The lowest BCUT2D eigenvalue weighted by Crippen LogP contribution is -2.28. The molecule has 0 heterocycles. The fourth-order valence-electron chi connectivity index (χ4n) is 1.64. The van der Waals surface area contributed by atoms with Crippen molar-refractivity contribution in [3.63, 3.8) is 0 Å². The fourth-order valence-corrected chi connectivity index (χ4v) is 2.38. The molecule has 0 saturated heterocycles. The molecule has 0 saturated carbocycles. The molecule has 1 amide bonds. The number of hydrogen-bond donors (Lipinski definition) is 4. The molecule has 0 unspecified atom stereocenters. The summed E-state index contributed by atoms with van der Waals surface area (Å²) in [7, 11) is -3.87. The van der Waals surface area contributed by atoms with E-state index in [-0.39, 0.29) is 17.2 Å². The summed E-state index contributed by atoms with van der Waals surface area (Å²) in [6.07, 6.45) is 0.237. The Balaban J connectivity index is 2.62. The predicted molar refractivity (Wildman–Crippen MR) is 83.2 cm³/mol. The third kappa shape index (κ3) is 6.01. The van der Waals surface area contributed by atoms with E-state index in [1.807, 2.05) is 13.8 Å². The molecule has 0 fully saturated rings. The van der Waals surface area contributed by atoms with E-state index < -0.39 is 10.0 Å². The number of amides is 1. The minimum Gasteiger partial charge on any atom is -0.399 e. The monoisotopic (exact) mass is 314 g/mol. The molecule has 21 heavy (non-hydrogen) atoms. The molecule has 0 aliphatic heterocycles. The molecule has 118 valence electrons. The van der Waals surface area contributed by atoms with Crippen LogP contribution in [0.5, 0.6) is 0 Å². The Kier molecular flexibility index (Phi) is 5.98. The lowest BCUT2D eigenvalue weighted by molar-refractivity contribution is -0.120. The first kappa shape index (κ1) is 17.3. The van der Waals surface area contributed by atoms with Crippen molar-refractivity contribution in [1.82, 2.24) is 5.32 Å². The second-order valence-corrected chi connectivity index (χ2v) is 6.71. The molecule has 0 atom stereocenters. The predicted octanol–water partition coefficient (Wildman–Crippen LogP) is 0.490. The van der Waals surface area contributed by atoms with E-state index in [2.05, 4.69) is 10.6 Å². The number of nitrogens with two attached hydrogens (primary N) is 2. The molecule has 8 heteroatoms. The van der Waals surface area contributed by atoms with Gasteiger partial charge in [0.25, 0.3) is 0 Å². The Morgan fingerprint density at radius 2 is 2.00 bits per heavy atom. The van der Waals surface area contributed by atoms with E-state index in [1.54, 1.807) is 6.07 Å². The van der Waals surface area contributed by atoms with Gasteiger partial charge in [0, 0.05) is 25.2 Å². The quantitative estimate of drug-likeness (QED) is 0.545. The van der Waals surface area contributed by atoms with Crippen molar-refractivity contribution in [2.75, 3.05) is 24.1 Å². The van der Waals surface area contributed by atoms with Crippen molar-refractivity contribution in [2.45, 2.75) is 25.2 Å². The number of hydrogen-bond acceptors (Lipinski definition) is 5. The van der Waals surface area contributed by atoms with Gasteiger partial charge in [0.05, 0.1) is 5.69 Å². The molecule has 0 aliphatic rings. The highest BCUT2D eigenvalue weighted by atomic mass is 32.2. The smallest absolute Gasteiger partial charge is 0.240 e. The van der Waals surface area contributed by atoms with Crippen molar-refractivity contribution in [3.05, 3.63) is 18.2 Å². The standard InChI is InChI=1S/C13H22N4O3S/c1-9(2)8-17-13(18)5-6-16-11-4-3-10(14)7-12(11)21(15,19)20/h3-4,7,9,16H,5-6,8,14H2,1-2H3,(H,17,18)(H2,15,19,20). The summed E-state index contributed by atoms with van der Waals surface area (Å²) in [5.41, 5.74) is 6.20. The number of rotatable bonds is 7. The summed E-state index contributed by atoms with van der Waals surface area (Å²) in [5, 5.41) is 10.8. The van der Waals surface area contributed by atoms with Crippen LogP contribution < -0.4 is 21.5 Å². The highest BCUT2D eigenvalue weighted by Gasteiger charge is 2.14. The summed E-state index contributed by atoms with van der Waals surface area (Å²) in [6.45, 7) is 4.93. The zero-order valence-electron chi connectivity index (χ0n) is 12.2. The number of nitrogen functional groups attached to an aromatic ring is 1. The van der Waals surface area contributed by atoms with Crippen molar-refractivity contribution in [1.29, 1.82) is 0 Å². The van der Waals surface area contributed by atoms with E-state index in [9.17, 15) is 13.2 Å². The summed E-state index contributed by atoms with van der Waals surface area (Å²) < 4.78 is 23.0. The van der Waals surface area contributed by atoms with Crippen LogP contribution >= 0.6 is 0 Å². The molecule has 0 radical (unpaired) electrons. The molecule has 0 aliphatic carbocycles. The number of sulfonamides is 1. The van der Waals surface area contributed by atoms with Crippen molar-refractivity contribution < 1.29 is 13.2 Å². The third-order valence-corrected chi connectivity index (χ3v) is 3.64. The molecule has 7 nitrogen and oxygen atoms in total. The van der Waals surface area contributed by atoms with Gasteiger partial charge in [0.15, 0.2) is 0 Å². The second kappa shape index (κ2) is 7.28. The molecule has 1 aromatic rings. The van der Waals surface area contributed by atoms with Crippen LogP contribution in [0.25, 0.3) is 0 Å². The Morgan fingerprint density at radius 1 is 1.33 bits per heavy atom. The Morgan fingerprint density at radius 3 is 2.57 bits per heavy atom. The third-order valence-electron chi connectivity index (χ3n) is 2.69. The van der Waals surface area contributed by atoms with Crippen LogP contribution in [0.3, 0.4) is 0 Å². The Hall–Kier alpha value is -1.80. The van der Waals surface area contributed by atoms with Crippen LogP contribution in [0, 0.1) is 5.92 Å². The van der Waals surface area contributed by atoms with E-state index >= 15 is 0 Å². The van der Waals surface area contributed by atoms with E-state index in [4.69, 9.17) is 10.9 Å². The SMILES string of the molecule is CC(C)CNC(=O)CCNc1ccc(N)cc1S(N)(=O)=O. The number of primary sulfonamides is 1. The minimum absolute atomic E-state index is 0.0786. The number of anilines is 2. The molecule has 0 bridgehead atoms. The number of carbonyl (C=O) groups excluding carboxylic acids is 1. The molecule has 1 aromatic carbocycles. The number of nitrogens with one attached hydrogen (secondary N) is 2. The van der Waals surface area contributed by atoms with Crippen molar-refractivity contribution in [2.24, 2.45) is 11.1 Å². The van der Waals surface area contributed by atoms with Gasteiger partial charge in [-0.25, -0.2) is 13.6 Å². The lowest BCUT2D eigenvalue weighted by Gasteiger charge is -2.12. The highest BCUT2D eigenvalue weighted by Crippen LogP contribution is 2.22. The topological polar surface area (TPSA) is 127 Å². The van der Waals surface area contributed by atoms with Crippen LogP contribution in [0.2, 0.25) is 0 Å². The van der Waals surface area contributed by atoms with Crippen LogP contribution in [-0.2, 0) is 14.8 Å². The van der Waals surface area contributed by atoms with Gasteiger partial charge in [-0.05, 0) is 24.1 Å². The summed E-state index contributed by atoms with van der Waals surface area (Å²) in [4.78, 5) is 11.5. The van der Waals surface area contributed by atoms with Crippen LogP contribution in [0.15, 0.2) is 23.1 Å². The van der Waals surface area contributed by atoms with E-state index in [0.717, 1.165) is 0 Å². The minimum atomic E-state index is -3.87. The first-order valence-electron chi connectivity index (χ1n) is 6.63. The maximum Gasteiger partial charge on any atom is 0.240 e. The molecular weight excluding hydrogens is 292 g/mol. The summed E-state index contributed by atoms with van der Waals surface area (Å²) in [5.74, 6) is 0.289. The van der Waals surface area contributed by atoms with E-state index in [1.165, 1.54) is 12.1 Å². The summed E-state index contributed by atoms with van der Waals surface area (Å²) >= 11 is 0. The Labute approximate surface area is 125 Å². The zero-order chi connectivity index (χ0) is 16.0. The van der Waals surface area contributed by atoms with Crippen molar-refractivity contribution >= 4 is 27.3 Å². The normalized spacial score (nSPS) is 11.4. The Bertz CT molecular complexity index is 599. The zero-order valence-corrected chi connectivity index (χ0v) is 13.0. The molecular formula is C13H22N4O3S. The molecule has 1 rings (SSSR count). The van der Waals surface area contributed by atoms with Gasteiger partial charge in [-0.2, -0.15) is 0 Å². The number of benzene rings is 1. The van der Waals surface area contributed by atoms with Crippen LogP contribution in [0.1, 0.15) is 20.3 Å².